The van der Waals surface area contributed by atoms with E-state index in [0.717, 1.165) is 71.3 Å². The van der Waals surface area contributed by atoms with Gasteiger partial charge in [0.1, 0.15) is 0 Å². The first kappa shape index (κ1) is 23.1. The van der Waals surface area contributed by atoms with E-state index in [2.05, 4.69) is 146 Å². The molecule has 48 heavy (non-hydrogen) atoms. The Bertz CT molecular complexity index is 2740. The molecule has 0 fully saturated rings. The van der Waals surface area contributed by atoms with Crippen molar-refractivity contribution in [2.45, 2.75) is 0 Å². The molecule has 0 aliphatic heterocycles. The molecule has 0 unspecified atom stereocenters. The van der Waals surface area contributed by atoms with Crippen LogP contribution < -0.4 is 0 Å². The zero-order valence-corrected chi connectivity index (χ0v) is 26.1. The Hall–Kier alpha value is -6.24. The highest BCUT2D eigenvalue weighted by atomic mass is 14.2. The third kappa shape index (κ3) is 4.96. The van der Waals surface area contributed by atoms with E-state index in [1.54, 1.807) is 0 Å². The minimum Gasteiger partial charge on any atom is -0.0622 e. The van der Waals surface area contributed by atoms with E-state index in [4.69, 9.17) is 6.85 Å². The Morgan fingerprint density at radius 2 is 0.708 bits per heavy atom. The Morgan fingerprint density at radius 3 is 1.25 bits per heavy atom. The largest absolute Gasteiger partial charge is 0.0629 e. The van der Waals surface area contributed by atoms with Gasteiger partial charge < -0.3 is 0 Å². The van der Waals surface area contributed by atoms with Crippen molar-refractivity contribution in [2.75, 3.05) is 0 Å². The fraction of sp³-hybridized carbons (Fsp3) is 0. The third-order valence-corrected chi connectivity index (χ3v) is 9.29. The monoisotopic (exact) mass is 613 g/mol. The molecule has 9 rings (SSSR count). The first-order chi connectivity index (χ1) is 25.9. The van der Waals surface area contributed by atoms with Gasteiger partial charge >= 0.3 is 0 Å². The standard InChI is InChI=1S/C48H32/c1-4-14-33(15-5-1)37-26-24-36-25-27-38(29-39(36)28-37)47-43-20-10-12-22-45(43)48(46-23-13-11-21-44(46)47)42-31-40(34-16-6-2-7-17-34)30-41(32-42)35-18-8-3-9-19-35/h1-32H/i1D,4D,5D,14D,15D. The molecule has 0 N–H and O–H groups in total. The Kier molecular flexibility index (Phi) is 5.71. The lowest BCUT2D eigenvalue weighted by atomic mass is 9.84. The zero-order valence-electron chi connectivity index (χ0n) is 31.1. The van der Waals surface area contributed by atoms with Gasteiger partial charge in [0, 0.05) is 0 Å². The van der Waals surface area contributed by atoms with Gasteiger partial charge in [-0.05, 0) is 118 Å². The van der Waals surface area contributed by atoms with Crippen molar-refractivity contribution in [1.82, 2.24) is 0 Å². The van der Waals surface area contributed by atoms with Crippen LogP contribution in [0.25, 0.3) is 88.0 Å². The molecule has 9 aromatic carbocycles. The average Bonchev–Trinajstić information content (AvgIpc) is 3.21. The normalized spacial score (nSPS) is 12.8. The van der Waals surface area contributed by atoms with Crippen LogP contribution in [0.5, 0.6) is 0 Å². The molecule has 0 aliphatic carbocycles. The maximum absolute atomic E-state index is 8.58. The molecule has 224 valence electrons. The van der Waals surface area contributed by atoms with Crippen LogP contribution in [0.15, 0.2) is 194 Å². The van der Waals surface area contributed by atoms with E-state index in [1.165, 1.54) is 5.56 Å². The van der Waals surface area contributed by atoms with Gasteiger partial charge in [0.25, 0.3) is 0 Å². The molecule has 0 aromatic heterocycles. The number of benzene rings is 9. The van der Waals surface area contributed by atoms with Crippen molar-refractivity contribution in [3.63, 3.8) is 0 Å². The van der Waals surface area contributed by atoms with Gasteiger partial charge in [-0.15, -0.1) is 0 Å². The van der Waals surface area contributed by atoms with E-state index >= 15 is 0 Å². The second-order valence-electron chi connectivity index (χ2n) is 12.1. The lowest BCUT2D eigenvalue weighted by Gasteiger charge is -2.19. The summed E-state index contributed by atoms with van der Waals surface area (Å²) in [6, 6.07) is 55.9. The lowest BCUT2D eigenvalue weighted by molar-refractivity contribution is 1.58. The average molecular weight is 614 g/mol. The molecule has 0 amide bonds. The van der Waals surface area contributed by atoms with E-state index in [9.17, 15) is 0 Å². The summed E-state index contributed by atoms with van der Waals surface area (Å²) in [6.45, 7) is 0. The minimum atomic E-state index is -0.392. The fourth-order valence-electron chi connectivity index (χ4n) is 7.07. The molecular formula is C48H32. The predicted octanol–water partition coefficient (Wildman–Crippen LogP) is 13.5. The highest BCUT2D eigenvalue weighted by Gasteiger charge is 2.18. The van der Waals surface area contributed by atoms with Gasteiger partial charge in [-0.25, -0.2) is 0 Å². The summed E-state index contributed by atoms with van der Waals surface area (Å²) >= 11 is 0. The van der Waals surface area contributed by atoms with Crippen molar-refractivity contribution >= 4 is 32.3 Å². The van der Waals surface area contributed by atoms with Crippen LogP contribution in [0.1, 0.15) is 6.85 Å². The first-order valence-corrected chi connectivity index (χ1v) is 16.2. The van der Waals surface area contributed by atoms with Gasteiger partial charge in [0.15, 0.2) is 0 Å². The third-order valence-electron chi connectivity index (χ3n) is 9.29. The summed E-state index contributed by atoms with van der Waals surface area (Å²) in [5, 5.41) is 6.49. The second kappa shape index (κ2) is 11.8. The first-order valence-electron chi connectivity index (χ1n) is 18.7. The maximum Gasteiger partial charge on any atom is 0.0629 e. The summed E-state index contributed by atoms with van der Waals surface area (Å²) < 4.78 is 41.7. The molecule has 0 aliphatic rings. The van der Waals surface area contributed by atoms with Crippen molar-refractivity contribution < 1.29 is 6.85 Å². The number of fused-ring (bicyclic) bond motifs is 3. The molecule has 0 radical (unpaired) electrons. The lowest BCUT2D eigenvalue weighted by Crippen LogP contribution is -1.92. The van der Waals surface area contributed by atoms with Crippen molar-refractivity contribution in [3.05, 3.63) is 194 Å². The van der Waals surface area contributed by atoms with Crippen molar-refractivity contribution in [3.8, 4) is 55.6 Å². The Balaban J connectivity index is 1.29. The summed E-state index contributed by atoms with van der Waals surface area (Å²) in [6.07, 6.45) is 0. The van der Waals surface area contributed by atoms with Crippen LogP contribution in [0.3, 0.4) is 0 Å². The van der Waals surface area contributed by atoms with Gasteiger partial charge in [-0.2, -0.15) is 0 Å². The van der Waals surface area contributed by atoms with Crippen LogP contribution in [0.2, 0.25) is 0 Å². The second-order valence-corrected chi connectivity index (χ2v) is 12.1. The molecule has 0 heteroatoms. The van der Waals surface area contributed by atoms with E-state index in [1.807, 2.05) is 18.2 Å². The Labute approximate surface area is 288 Å². The molecule has 0 atom stereocenters. The van der Waals surface area contributed by atoms with Crippen LogP contribution in [-0.2, 0) is 0 Å². The van der Waals surface area contributed by atoms with E-state index < -0.39 is 6.04 Å². The molecule has 0 saturated heterocycles. The molecular weight excluding hydrogens is 577 g/mol. The van der Waals surface area contributed by atoms with Crippen molar-refractivity contribution in [2.24, 2.45) is 0 Å². The van der Waals surface area contributed by atoms with Crippen LogP contribution in [0.4, 0.5) is 0 Å². The molecule has 0 spiro atoms. The summed E-state index contributed by atoms with van der Waals surface area (Å²) in [5.74, 6) is 0. The van der Waals surface area contributed by atoms with Crippen LogP contribution >= 0.6 is 0 Å². The maximum atomic E-state index is 8.58. The molecule has 0 saturated carbocycles. The van der Waals surface area contributed by atoms with Gasteiger partial charge in [0.2, 0.25) is 0 Å². The van der Waals surface area contributed by atoms with E-state index in [0.29, 0.717) is 5.56 Å². The highest BCUT2D eigenvalue weighted by Crippen LogP contribution is 2.45. The van der Waals surface area contributed by atoms with Crippen LogP contribution in [-0.4, -0.2) is 0 Å². The number of rotatable bonds is 5. The number of hydrogen-bond acceptors (Lipinski definition) is 0. The van der Waals surface area contributed by atoms with Crippen molar-refractivity contribution in [1.29, 1.82) is 0 Å². The molecule has 0 bridgehead atoms. The summed E-state index contributed by atoms with van der Waals surface area (Å²) in [4.78, 5) is 0. The van der Waals surface area contributed by atoms with Gasteiger partial charge in [-0.1, -0.05) is 164 Å². The van der Waals surface area contributed by atoms with E-state index in [-0.39, 0.29) is 29.7 Å². The minimum absolute atomic E-state index is 0.203. The molecule has 0 nitrogen and oxygen atoms in total. The summed E-state index contributed by atoms with van der Waals surface area (Å²) in [7, 11) is 0. The quantitative estimate of drug-likeness (QED) is 0.169. The molecule has 9 aromatic rings. The summed E-state index contributed by atoms with van der Waals surface area (Å²) in [5.41, 5.74) is 9.92. The highest BCUT2D eigenvalue weighted by molar-refractivity contribution is 6.22. The fourth-order valence-corrected chi connectivity index (χ4v) is 7.07. The van der Waals surface area contributed by atoms with Crippen LogP contribution in [0, 0.1) is 0 Å². The zero-order chi connectivity index (χ0) is 36.2. The van der Waals surface area contributed by atoms with Gasteiger partial charge in [-0.3, -0.25) is 0 Å². The van der Waals surface area contributed by atoms with Gasteiger partial charge in [0.05, 0.1) is 6.85 Å². The SMILES string of the molecule is [2H]c1c([2H])c([2H])c(-c2ccc3ccc(-c4c5ccccc5c(-c5cc(-c6ccccc6)cc(-c6ccccc6)c5)c5ccccc45)cc3c2)c([2H])c1[2H]. The topological polar surface area (TPSA) is 0 Å². The molecule has 0 heterocycles. The Morgan fingerprint density at radius 1 is 0.271 bits per heavy atom. The number of hydrogen-bond donors (Lipinski definition) is 0. The predicted molar refractivity (Wildman–Crippen MR) is 206 cm³/mol. The smallest absolute Gasteiger partial charge is 0.0622 e.